The Morgan fingerprint density at radius 3 is 2.54 bits per heavy atom. The molecule has 1 saturated carbocycles. The minimum absolute atomic E-state index is 0.845. The van der Waals surface area contributed by atoms with E-state index in [0.29, 0.717) is 0 Å². The van der Waals surface area contributed by atoms with Crippen LogP contribution in [0.4, 0.5) is 0 Å². The van der Waals surface area contributed by atoms with Gasteiger partial charge in [-0.3, -0.25) is 0 Å². The van der Waals surface area contributed by atoms with Crippen LogP contribution in [0.25, 0.3) is 0 Å². The van der Waals surface area contributed by atoms with E-state index in [1.54, 1.807) is 0 Å². The van der Waals surface area contributed by atoms with Crippen LogP contribution in [0.5, 0.6) is 0 Å². The Morgan fingerprint density at radius 1 is 1.15 bits per heavy atom. The van der Waals surface area contributed by atoms with E-state index >= 15 is 0 Å². The third-order valence-electron chi connectivity index (χ3n) is 4.12. The summed E-state index contributed by atoms with van der Waals surface area (Å²) in [6.07, 6.45) is 5.97. The minimum atomic E-state index is 0.845. The molecule has 0 amide bonds. The van der Waals surface area contributed by atoms with Gasteiger partial charge >= 0.3 is 0 Å². The van der Waals surface area contributed by atoms with Gasteiger partial charge in [-0.2, -0.15) is 0 Å². The maximum Gasteiger partial charge on any atom is 0.0147 e. The Hall–Kier alpha value is -0.0400. The molecular weight excluding hydrogens is 158 g/mol. The SMILES string of the molecule is CC(C)[C@@H]1[C@H]2CCCC[C@H]2CN1C. The second-order valence-electron chi connectivity index (χ2n) is 5.38. The number of likely N-dealkylation sites (tertiary alicyclic amines) is 1. The van der Waals surface area contributed by atoms with Gasteiger partial charge in [-0.15, -0.1) is 0 Å². The van der Waals surface area contributed by atoms with Crippen molar-refractivity contribution < 1.29 is 0 Å². The molecule has 1 heterocycles. The summed E-state index contributed by atoms with van der Waals surface area (Å²) in [7, 11) is 2.32. The molecule has 2 aliphatic rings. The highest BCUT2D eigenvalue weighted by Crippen LogP contribution is 2.41. The first-order valence-electron chi connectivity index (χ1n) is 5.90. The molecule has 2 fully saturated rings. The molecule has 0 unspecified atom stereocenters. The van der Waals surface area contributed by atoms with Gasteiger partial charge in [-0.1, -0.05) is 26.7 Å². The fourth-order valence-electron chi connectivity index (χ4n) is 3.73. The van der Waals surface area contributed by atoms with Crippen LogP contribution in [-0.2, 0) is 0 Å². The summed E-state index contributed by atoms with van der Waals surface area (Å²) in [5, 5.41) is 0. The van der Waals surface area contributed by atoms with Gasteiger partial charge in [0, 0.05) is 12.6 Å². The molecule has 0 bridgehead atoms. The van der Waals surface area contributed by atoms with E-state index in [1.807, 2.05) is 0 Å². The van der Waals surface area contributed by atoms with Gasteiger partial charge in [0.1, 0.15) is 0 Å². The number of nitrogens with zero attached hydrogens (tertiary/aromatic N) is 1. The molecule has 0 aromatic heterocycles. The Morgan fingerprint density at radius 2 is 1.85 bits per heavy atom. The van der Waals surface area contributed by atoms with Gasteiger partial charge in [0.25, 0.3) is 0 Å². The number of hydrogen-bond acceptors (Lipinski definition) is 1. The third-order valence-corrected chi connectivity index (χ3v) is 4.12. The van der Waals surface area contributed by atoms with E-state index in [9.17, 15) is 0 Å². The van der Waals surface area contributed by atoms with Crippen molar-refractivity contribution in [3.63, 3.8) is 0 Å². The van der Waals surface area contributed by atoms with Gasteiger partial charge in [0.2, 0.25) is 0 Å². The molecule has 1 saturated heterocycles. The van der Waals surface area contributed by atoms with Gasteiger partial charge in [0.15, 0.2) is 0 Å². The summed E-state index contributed by atoms with van der Waals surface area (Å²) in [6, 6.07) is 0.880. The van der Waals surface area contributed by atoms with Crippen LogP contribution in [-0.4, -0.2) is 24.5 Å². The smallest absolute Gasteiger partial charge is 0.0147 e. The van der Waals surface area contributed by atoms with E-state index < -0.39 is 0 Å². The average molecular weight is 181 g/mol. The summed E-state index contributed by atoms with van der Waals surface area (Å²) < 4.78 is 0. The highest BCUT2D eigenvalue weighted by molar-refractivity contribution is 4.94. The molecular formula is C12H23N. The summed E-state index contributed by atoms with van der Waals surface area (Å²) >= 11 is 0. The molecule has 0 N–H and O–H groups in total. The Bertz CT molecular complexity index is 176. The zero-order valence-electron chi connectivity index (χ0n) is 9.29. The number of rotatable bonds is 1. The van der Waals surface area contributed by atoms with Crippen molar-refractivity contribution in [2.45, 2.75) is 45.6 Å². The second-order valence-corrected chi connectivity index (χ2v) is 5.38. The molecule has 0 aromatic rings. The highest BCUT2D eigenvalue weighted by atomic mass is 15.2. The number of hydrogen-bond donors (Lipinski definition) is 0. The Balaban J connectivity index is 2.09. The molecule has 0 aromatic carbocycles. The lowest BCUT2D eigenvalue weighted by Gasteiger charge is -2.32. The van der Waals surface area contributed by atoms with Crippen molar-refractivity contribution in [3.05, 3.63) is 0 Å². The van der Waals surface area contributed by atoms with Crippen LogP contribution in [0.3, 0.4) is 0 Å². The lowest BCUT2D eigenvalue weighted by atomic mass is 9.76. The first-order chi connectivity index (χ1) is 6.20. The van der Waals surface area contributed by atoms with Crippen LogP contribution in [0.15, 0.2) is 0 Å². The molecule has 1 aliphatic carbocycles. The van der Waals surface area contributed by atoms with Gasteiger partial charge in [-0.25, -0.2) is 0 Å². The average Bonchev–Trinajstić information content (AvgIpc) is 2.39. The zero-order chi connectivity index (χ0) is 9.42. The predicted molar refractivity (Wildman–Crippen MR) is 56.7 cm³/mol. The van der Waals surface area contributed by atoms with Gasteiger partial charge < -0.3 is 4.90 Å². The van der Waals surface area contributed by atoms with Crippen molar-refractivity contribution in [1.82, 2.24) is 4.90 Å². The van der Waals surface area contributed by atoms with Crippen molar-refractivity contribution in [3.8, 4) is 0 Å². The van der Waals surface area contributed by atoms with Crippen molar-refractivity contribution >= 4 is 0 Å². The van der Waals surface area contributed by atoms with Crippen LogP contribution < -0.4 is 0 Å². The third kappa shape index (κ3) is 1.63. The lowest BCUT2D eigenvalue weighted by molar-refractivity contribution is 0.186. The minimum Gasteiger partial charge on any atom is -0.303 e. The molecule has 0 radical (unpaired) electrons. The van der Waals surface area contributed by atoms with E-state index in [-0.39, 0.29) is 0 Å². The van der Waals surface area contributed by atoms with E-state index in [2.05, 4.69) is 25.8 Å². The molecule has 2 rings (SSSR count). The summed E-state index contributed by atoms with van der Waals surface area (Å²) in [5.41, 5.74) is 0. The molecule has 1 aliphatic heterocycles. The first-order valence-corrected chi connectivity index (χ1v) is 5.90. The highest BCUT2D eigenvalue weighted by Gasteiger charge is 2.41. The second kappa shape index (κ2) is 3.61. The summed E-state index contributed by atoms with van der Waals surface area (Å²) in [4.78, 5) is 2.62. The van der Waals surface area contributed by atoms with Crippen LogP contribution in [0.1, 0.15) is 39.5 Å². The maximum atomic E-state index is 2.62. The Labute approximate surface area is 82.5 Å². The van der Waals surface area contributed by atoms with Crippen LogP contribution in [0, 0.1) is 17.8 Å². The molecule has 13 heavy (non-hydrogen) atoms. The monoisotopic (exact) mass is 181 g/mol. The molecule has 1 nitrogen and oxygen atoms in total. The molecule has 76 valence electrons. The summed E-state index contributed by atoms with van der Waals surface area (Å²) in [5.74, 6) is 2.91. The Kier molecular flexibility index (Phi) is 2.64. The fraction of sp³-hybridized carbons (Fsp3) is 1.00. The van der Waals surface area contributed by atoms with Gasteiger partial charge in [0.05, 0.1) is 0 Å². The van der Waals surface area contributed by atoms with Gasteiger partial charge in [-0.05, 0) is 37.6 Å². The van der Waals surface area contributed by atoms with Crippen molar-refractivity contribution in [1.29, 1.82) is 0 Å². The van der Waals surface area contributed by atoms with Crippen molar-refractivity contribution in [2.24, 2.45) is 17.8 Å². The molecule has 3 atom stereocenters. The van der Waals surface area contributed by atoms with Crippen molar-refractivity contribution in [2.75, 3.05) is 13.6 Å². The molecule has 1 heteroatoms. The summed E-state index contributed by atoms with van der Waals surface area (Å²) in [6.45, 7) is 6.14. The quantitative estimate of drug-likeness (QED) is 0.601. The maximum absolute atomic E-state index is 2.62. The number of fused-ring (bicyclic) bond motifs is 1. The standard InChI is InChI=1S/C12H23N/c1-9(2)12-11-7-5-4-6-10(11)8-13(12)3/h9-12H,4-8H2,1-3H3/t10-,11-,12+/m0/s1. The normalized spacial score (nSPS) is 41.1. The first kappa shape index (κ1) is 9.51. The van der Waals surface area contributed by atoms with E-state index in [1.165, 1.54) is 32.2 Å². The molecule has 0 spiro atoms. The van der Waals surface area contributed by atoms with Crippen LogP contribution >= 0.6 is 0 Å². The van der Waals surface area contributed by atoms with E-state index in [0.717, 1.165) is 23.8 Å². The van der Waals surface area contributed by atoms with E-state index in [4.69, 9.17) is 0 Å². The zero-order valence-corrected chi connectivity index (χ0v) is 9.29. The lowest BCUT2D eigenvalue weighted by Crippen LogP contribution is -2.34. The largest absolute Gasteiger partial charge is 0.303 e. The predicted octanol–water partition coefficient (Wildman–Crippen LogP) is 2.76. The fourth-order valence-corrected chi connectivity index (χ4v) is 3.73. The topological polar surface area (TPSA) is 3.24 Å². The van der Waals surface area contributed by atoms with Crippen LogP contribution in [0.2, 0.25) is 0 Å².